The number of nitrogens with one attached hydrogen (secondary N) is 1. The van der Waals surface area contributed by atoms with Gasteiger partial charge in [-0.2, -0.15) is 0 Å². The van der Waals surface area contributed by atoms with Crippen LogP contribution in [0.3, 0.4) is 0 Å². The largest absolute Gasteiger partial charge is 0.353 e. The highest BCUT2D eigenvalue weighted by atomic mass is 35.5. The van der Waals surface area contributed by atoms with E-state index in [-0.39, 0.29) is 41.7 Å². The van der Waals surface area contributed by atoms with Gasteiger partial charge in [-0.3, -0.25) is 9.59 Å². The molecule has 27 heavy (non-hydrogen) atoms. The number of benzene rings is 1. The smallest absolute Gasteiger partial charge is 0.256 e. The first-order valence-corrected chi connectivity index (χ1v) is 9.51. The molecule has 3 N–H and O–H groups in total. The molecule has 0 bridgehead atoms. The molecule has 1 aromatic rings. The van der Waals surface area contributed by atoms with Gasteiger partial charge in [-0.05, 0) is 44.7 Å². The van der Waals surface area contributed by atoms with E-state index in [9.17, 15) is 14.0 Å². The van der Waals surface area contributed by atoms with E-state index in [2.05, 4.69) is 5.32 Å². The third-order valence-corrected chi connectivity index (χ3v) is 5.80. The van der Waals surface area contributed by atoms with Gasteiger partial charge in [0.2, 0.25) is 5.91 Å². The molecule has 2 atom stereocenters. The monoisotopic (exact) mass is 397 g/mol. The van der Waals surface area contributed by atoms with Crippen molar-refractivity contribution >= 4 is 24.2 Å². The maximum absolute atomic E-state index is 13.8. The summed E-state index contributed by atoms with van der Waals surface area (Å²) < 4.78 is 13.8. The molecule has 0 radical (unpaired) electrons. The minimum Gasteiger partial charge on any atom is -0.353 e. The maximum Gasteiger partial charge on any atom is 0.256 e. The van der Waals surface area contributed by atoms with Crippen LogP contribution in [-0.2, 0) is 4.79 Å². The summed E-state index contributed by atoms with van der Waals surface area (Å²) in [5.74, 6) is -0.884. The van der Waals surface area contributed by atoms with Gasteiger partial charge in [0.15, 0.2) is 0 Å². The van der Waals surface area contributed by atoms with Crippen LogP contribution < -0.4 is 11.1 Å². The van der Waals surface area contributed by atoms with E-state index < -0.39 is 11.4 Å². The Balaban J connectivity index is 0.00000261. The molecule has 1 heterocycles. The topological polar surface area (TPSA) is 75.4 Å². The van der Waals surface area contributed by atoms with Crippen molar-refractivity contribution in [1.82, 2.24) is 10.2 Å². The lowest BCUT2D eigenvalue weighted by atomic mass is 9.74. The predicted octanol–water partition coefficient (Wildman–Crippen LogP) is 2.88. The quantitative estimate of drug-likeness (QED) is 0.823. The van der Waals surface area contributed by atoms with E-state index in [0.29, 0.717) is 25.9 Å². The minimum absolute atomic E-state index is 0. The van der Waals surface area contributed by atoms with Crippen LogP contribution >= 0.6 is 12.4 Å². The Morgan fingerprint density at radius 2 is 1.85 bits per heavy atom. The molecule has 150 valence electrons. The molecule has 1 aromatic carbocycles. The van der Waals surface area contributed by atoms with Crippen molar-refractivity contribution in [3.05, 3.63) is 35.6 Å². The SMILES string of the molecule is CC1(N)CCCCC1C(=O)NC1CCN(C(=O)c2ccccc2F)CC1.Cl. The second kappa shape index (κ2) is 9.02. The van der Waals surface area contributed by atoms with Crippen LogP contribution in [0.25, 0.3) is 0 Å². The number of likely N-dealkylation sites (tertiary alicyclic amines) is 1. The van der Waals surface area contributed by atoms with Crippen LogP contribution in [0.5, 0.6) is 0 Å². The van der Waals surface area contributed by atoms with Gasteiger partial charge in [0, 0.05) is 24.7 Å². The number of piperidine rings is 1. The Kier molecular flexibility index (Phi) is 7.23. The zero-order valence-electron chi connectivity index (χ0n) is 15.7. The van der Waals surface area contributed by atoms with Gasteiger partial charge in [0.05, 0.1) is 11.5 Å². The lowest BCUT2D eigenvalue weighted by Crippen LogP contribution is -2.55. The summed E-state index contributed by atoms with van der Waals surface area (Å²) in [5.41, 5.74) is 5.99. The first-order valence-electron chi connectivity index (χ1n) is 9.51. The number of amides is 2. The van der Waals surface area contributed by atoms with Gasteiger partial charge >= 0.3 is 0 Å². The second-order valence-electron chi connectivity index (χ2n) is 7.86. The highest BCUT2D eigenvalue weighted by Gasteiger charge is 2.38. The van der Waals surface area contributed by atoms with Crippen LogP contribution in [0.4, 0.5) is 4.39 Å². The summed E-state index contributed by atoms with van der Waals surface area (Å²) in [7, 11) is 0. The van der Waals surface area contributed by atoms with Crippen molar-refractivity contribution in [2.75, 3.05) is 13.1 Å². The molecule has 5 nitrogen and oxygen atoms in total. The lowest BCUT2D eigenvalue weighted by Gasteiger charge is -2.39. The van der Waals surface area contributed by atoms with Crippen molar-refractivity contribution < 1.29 is 14.0 Å². The van der Waals surface area contributed by atoms with Gasteiger partial charge < -0.3 is 16.0 Å². The van der Waals surface area contributed by atoms with Crippen LogP contribution in [0.2, 0.25) is 0 Å². The van der Waals surface area contributed by atoms with Crippen LogP contribution in [0, 0.1) is 11.7 Å². The van der Waals surface area contributed by atoms with E-state index in [1.165, 1.54) is 12.1 Å². The van der Waals surface area contributed by atoms with Crippen molar-refractivity contribution in [2.45, 2.75) is 57.0 Å². The van der Waals surface area contributed by atoms with Crippen LogP contribution in [0.15, 0.2) is 24.3 Å². The Hall–Kier alpha value is -1.66. The van der Waals surface area contributed by atoms with Crippen LogP contribution in [0.1, 0.15) is 55.8 Å². The third-order valence-electron chi connectivity index (χ3n) is 5.80. The van der Waals surface area contributed by atoms with Gasteiger partial charge in [0.25, 0.3) is 5.91 Å². The van der Waals surface area contributed by atoms with Gasteiger partial charge in [-0.15, -0.1) is 12.4 Å². The fourth-order valence-corrected chi connectivity index (χ4v) is 4.12. The number of rotatable bonds is 3. The van der Waals surface area contributed by atoms with E-state index in [0.717, 1.165) is 25.7 Å². The number of hydrogen-bond acceptors (Lipinski definition) is 3. The summed E-state index contributed by atoms with van der Waals surface area (Å²) in [6.45, 7) is 3.00. The zero-order chi connectivity index (χ0) is 18.7. The van der Waals surface area contributed by atoms with Gasteiger partial charge in [-0.25, -0.2) is 4.39 Å². The summed E-state index contributed by atoms with van der Waals surface area (Å²) >= 11 is 0. The first kappa shape index (κ1) is 21.6. The maximum atomic E-state index is 13.8. The third kappa shape index (κ3) is 4.99. The highest BCUT2D eigenvalue weighted by molar-refractivity contribution is 5.94. The van der Waals surface area contributed by atoms with E-state index in [4.69, 9.17) is 5.73 Å². The lowest BCUT2D eigenvalue weighted by molar-refractivity contribution is -0.129. The number of halogens is 2. The second-order valence-corrected chi connectivity index (χ2v) is 7.86. The molecule has 7 heteroatoms. The van der Waals surface area contributed by atoms with Gasteiger partial charge in [-0.1, -0.05) is 25.0 Å². The molecule has 0 spiro atoms. The van der Waals surface area contributed by atoms with Crippen molar-refractivity contribution in [3.63, 3.8) is 0 Å². The van der Waals surface area contributed by atoms with Gasteiger partial charge in [0.1, 0.15) is 5.82 Å². The Labute approximate surface area is 166 Å². The Bertz CT molecular complexity index is 675. The molecular weight excluding hydrogens is 369 g/mol. The molecule has 1 saturated heterocycles. The number of nitrogens with two attached hydrogens (primary N) is 1. The Morgan fingerprint density at radius 3 is 2.48 bits per heavy atom. The first-order chi connectivity index (χ1) is 12.4. The number of hydrogen-bond donors (Lipinski definition) is 2. The molecule has 1 saturated carbocycles. The van der Waals surface area contributed by atoms with Crippen molar-refractivity contribution in [2.24, 2.45) is 11.7 Å². The number of carbonyl (C=O) groups is 2. The molecule has 2 amide bonds. The molecule has 2 unspecified atom stereocenters. The fraction of sp³-hybridized carbons (Fsp3) is 0.600. The van der Waals surface area contributed by atoms with E-state index in [1.54, 1.807) is 17.0 Å². The Morgan fingerprint density at radius 1 is 1.19 bits per heavy atom. The van der Waals surface area contributed by atoms with E-state index in [1.807, 2.05) is 6.92 Å². The molecule has 1 aliphatic heterocycles. The summed E-state index contributed by atoms with van der Waals surface area (Å²) in [4.78, 5) is 26.8. The van der Waals surface area contributed by atoms with Crippen LogP contribution in [-0.4, -0.2) is 41.4 Å². The van der Waals surface area contributed by atoms with Crippen molar-refractivity contribution in [3.8, 4) is 0 Å². The predicted molar refractivity (Wildman–Crippen MR) is 105 cm³/mol. The number of carbonyl (C=O) groups excluding carboxylic acids is 2. The normalized spacial score (nSPS) is 26.2. The molecule has 2 fully saturated rings. The average molecular weight is 398 g/mol. The molecular formula is C20H29ClFN3O2. The molecule has 3 rings (SSSR count). The minimum atomic E-state index is -0.493. The summed E-state index contributed by atoms with van der Waals surface area (Å²) in [5, 5.41) is 3.12. The fourth-order valence-electron chi connectivity index (χ4n) is 4.12. The highest BCUT2D eigenvalue weighted by Crippen LogP contribution is 2.32. The molecule has 1 aliphatic carbocycles. The zero-order valence-corrected chi connectivity index (χ0v) is 16.6. The molecule has 0 aromatic heterocycles. The standard InChI is InChI=1S/C20H28FN3O2.ClH/c1-20(22)11-5-4-7-16(20)18(25)23-14-9-12-24(13-10-14)19(26)15-6-2-3-8-17(15)21;/h2-3,6,8,14,16H,4-5,7,9-13,22H2,1H3,(H,23,25);1H. The summed E-state index contributed by atoms with van der Waals surface area (Å²) in [6.07, 6.45) is 5.19. The summed E-state index contributed by atoms with van der Waals surface area (Å²) in [6, 6.07) is 6.09. The average Bonchev–Trinajstić information content (AvgIpc) is 2.61. The van der Waals surface area contributed by atoms with E-state index >= 15 is 0 Å². The van der Waals surface area contributed by atoms with Crippen molar-refractivity contribution in [1.29, 1.82) is 0 Å². The molecule has 2 aliphatic rings. The number of nitrogens with zero attached hydrogens (tertiary/aromatic N) is 1.